The minimum Gasteiger partial charge on any atom is -0.497 e. The van der Waals surface area contributed by atoms with Crippen LogP contribution in [-0.2, 0) is 24.3 Å². The van der Waals surface area contributed by atoms with Crippen LogP contribution in [0.15, 0.2) is 78.9 Å². The van der Waals surface area contributed by atoms with Crippen molar-refractivity contribution in [3.8, 4) is 5.75 Å². The number of nitrogens with zero attached hydrogens (tertiary/aromatic N) is 3. The van der Waals surface area contributed by atoms with E-state index < -0.39 is 6.04 Å². The number of urea groups is 1. The molecule has 0 saturated carbocycles. The molecule has 3 amide bonds. The highest BCUT2D eigenvalue weighted by atomic mass is 16.5. The maximum Gasteiger partial charge on any atom is 0.324 e. The smallest absolute Gasteiger partial charge is 0.324 e. The van der Waals surface area contributed by atoms with Gasteiger partial charge in [-0.2, -0.15) is 0 Å². The summed E-state index contributed by atoms with van der Waals surface area (Å²) in [6, 6.07) is 23.9. The first-order valence-electron chi connectivity index (χ1n) is 11.6. The fourth-order valence-electron chi connectivity index (χ4n) is 4.36. The van der Waals surface area contributed by atoms with Crippen LogP contribution in [-0.4, -0.2) is 41.2 Å². The fourth-order valence-corrected chi connectivity index (χ4v) is 4.36. The Kier molecular flexibility index (Phi) is 6.34. The average Bonchev–Trinajstić information content (AvgIpc) is 3.47. The Labute approximate surface area is 203 Å². The van der Waals surface area contributed by atoms with Crippen molar-refractivity contribution in [3.05, 3.63) is 90.0 Å². The molecule has 0 unspecified atom stereocenters. The van der Waals surface area contributed by atoms with Crippen molar-refractivity contribution in [3.63, 3.8) is 0 Å². The number of amides is 3. The lowest BCUT2D eigenvalue weighted by Crippen LogP contribution is -2.52. The monoisotopic (exact) mass is 469 g/mol. The SMILES string of the molecule is COc1cccc(CNC(=O)[C@H](Cc2ccccc2)NC(=O)N2CCn3c2nc2ccccc23)c1. The summed E-state index contributed by atoms with van der Waals surface area (Å²) in [5.41, 5.74) is 3.71. The molecule has 1 atom stereocenters. The number of anilines is 1. The standard InChI is InChI=1S/C27H27N5O3/c1-35-21-11-7-10-20(16-21)18-28-25(33)23(17-19-8-3-2-4-9-19)30-27(34)32-15-14-31-24-13-6-5-12-22(24)29-26(31)32/h2-13,16,23H,14-15,17-18H2,1H3,(H,28,33)(H,30,34)/t23-/m0/s1. The van der Waals surface area contributed by atoms with Crippen molar-refractivity contribution in [1.29, 1.82) is 0 Å². The van der Waals surface area contributed by atoms with Gasteiger partial charge in [-0.3, -0.25) is 9.69 Å². The molecule has 3 aromatic carbocycles. The minimum absolute atomic E-state index is 0.252. The van der Waals surface area contributed by atoms with Crippen LogP contribution in [0.1, 0.15) is 11.1 Å². The molecule has 1 aliphatic rings. The number of aromatic nitrogens is 2. The highest BCUT2D eigenvalue weighted by molar-refractivity contribution is 5.96. The van der Waals surface area contributed by atoms with E-state index in [1.807, 2.05) is 83.4 Å². The Morgan fingerprint density at radius 2 is 1.74 bits per heavy atom. The molecule has 0 aliphatic carbocycles. The number of nitrogens with one attached hydrogen (secondary N) is 2. The van der Waals surface area contributed by atoms with Gasteiger partial charge in [-0.05, 0) is 35.4 Å². The van der Waals surface area contributed by atoms with Gasteiger partial charge in [0.1, 0.15) is 11.8 Å². The number of methoxy groups -OCH3 is 1. The van der Waals surface area contributed by atoms with E-state index in [-0.39, 0.29) is 11.9 Å². The van der Waals surface area contributed by atoms with Gasteiger partial charge in [0.15, 0.2) is 0 Å². The number of hydrogen-bond donors (Lipinski definition) is 2. The van der Waals surface area contributed by atoms with Crippen LogP contribution in [0.25, 0.3) is 11.0 Å². The van der Waals surface area contributed by atoms with Gasteiger partial charge >= 0.3 is 6.03 Å². The van der Waals surface area contributed by atoms with Gasteiger partial charge in [0.25, 0.3) is 0 Å². The van der Waals surface area contributed by atoms with E-state index in [2.05, 4.69) is 15.6 Å². The van der Waals surface area contributed by atoms with Crippen LogP contribution >= 0.6 is 0 Å². The predicted molar refractivity (Wildman–Crippen MR) is 134 cm³/mol. The van der Waals surface area contributed by atoms with E-state index in [1.54, 1.807) is 12.0 Å². The maximum absolute atomic E-state index is 13.3. The van der Waals surface area contributed by atoms with Crippen molar-refractivity contribution in [1.82, 2.24) is 20.2 Å². The van der Waals surface area contributed by atoms with Gasteiger partial charge in [-0.25, -0.2) is 9.78 Å². The Bertz CT molecular complexity index is 1350. The lowest BCUT2D eigenvalue weighted by atomic mass is 10.1. The number of carbonyl (C=O) groups is 2. The molecule has 178 valence electrons. The molecule has 2 heterocycles. The number of benzene rings is 3. The molecule has 1 aromatic heterocycles. The Morgan fingerprint density at radius 3 is 2.57 bits per heavy atom. The number of fused-ring (bicyclic) bond motifs is 3. The Morgan fingerprint density at radius 1 is 0.971 bits per heavy atom. The highest BCUT2D eigenvalue weighted by Crippen LogP contribution is 2.27. The number of imidazole rings is 1. The van der Waals surface area contributed by atoms with Gasteiger partial charge < -0.3 is 19.9 Å². The average molecular weight is 470 g/mol. The summed E-state index contributed by atoms with van der Waals surface area (Å²) in [7, 11) is 1.61. The second-order valence-corrected chi connectivity index (χ2v) is 8.46. The lowest BCUT2D eigenvalue weighted by molar-refractivity contribution is -0.123. The first-order valence-corrected chi connectivity index (χ1v) is 11.6. The topological polar surface area (TPSA) is 88.5 Å². The molecule has 5 rings (SSSR count). The van der Waals surface area contributed by atoms with Gasteiger partial charge in [0.2, 0.25) is 11.9 Å². The third kappa shape index (κ3) is 4.82. The van der Waals surface area contributed by atoms with Crippen molar-refractivity contribution >= 4 is 28.9 Å². The largest absolute Gasteiger partial charge is 0.497 e. The predicted octanol–water partition coefficient (Wildman–Crippen LogP) is 3.50. The summed E-state index contributed by atoms with van der Waals surface area (Å²) in [6.07, 6.45) is 0.376. The van der Waals surface area contributed by atoms with Gasteiger partial charge in [-0.1, -0.05) is 54.6 Å². The number of rotatable bonds is 7. The van der Waals surface area contributed by atoms with E-state index >= 15 is 0 Å². The summed E-state index contributed by atoms with van der Waals surface area (Å²) < 4.78 is 7.30. The second-order valence-electron chi connectivity index (χ2n) is 8.46. The Balaban J connectivity index is 1.32. The molecule has 0 spiro atoms. The number of ether oxygens (including phenoxy) is 1. The lowest BCUT2D eigenvalue weighted by Gasteiger charge is -2.22. The van der Waals surface area contributed by atoms with Crippen LogP contribution < -0.4 is 20.3 Å². The van der Waals surface area contributed by atoms with Crippen LogP contribution in [0.3, 0.4) is 0 Å². The van der Waals surface area contributed by atoms with Gasteiger partial charge in [-0.15, -0.1) is 0 Å². The van der Waals surface area contributed by atoms with Gasteiger partial charge in [0, 0.05) is 26.1 Å². The van der Waals surface area contributed by atoms with Crippen molar-refractivity contribution in [2.45, 2.75) is 25.6 Å². The summed E-state index contributed by atoms with van der Waals surface area (Å²) in [5, 5.41) is 5.91. The highest BCUT2D eigenvalue weighted by Gasteiger charge is 2.31. The normalized spacial score (nSPS) is 13.3. The third-order valence-corrected chi connectivity index (χ3v) is 6.17. The summed E-state index contributed by atoms with van der Waals surface area (Å²) in [5.74, 6) is 1.07. The van der Waals surface area contributed by atoms with Crippen LogP contribution in [0.4, 0.5) is 10.7 Å². The van der Waals surface area contributed by atoms with Crippen molar-refractivity contribution in [2.24, 2.45) is 0 Å². The molecular weight excluding hydrogens is 442 g/mol. The van der Waals surface area contributed by atoms with Crippen molar-refractivity contribution in [2.75, 3.05) is 18.6 Å². The number of para-hydroxylation sites is 2. The molecule has 0 bridgehead atoms. The summed E-state index contributed by atoms with van der Waals surface area (Å²) in [6.45, 7) is 1.49. The van der Waals surface area contributed by atoms with E-state index in [1.165, 1.54) is 0 Å². The fraction of sp³-hybridized carbons (Fsp3) is 0.222. The molecule has 0 radical (unpaired) electrons. The van der Waals surface area contributed by atoms with Crippen molar-refractivity contribution < 1.29 is 14.3 Å². The first-order chi connectivity index (χ1) is 17.1. The zero-order valence-electron chi connectivity index (χ0n) is 19.5. The van der Waals surface area contributed by atoms with Crippen LogP contribution in [0.2, 0.25) is 0 Å². The molecule has 0 saturated heterocycles. The second kappa shape index (κ2) is 9.89. The van der Waals surface area contributed by atoms with E-state index in [0.717, 1.165) is 27.9 Å². The summed E-state index contributed by atoms with van der Waals surface area (Å²) >= 11 is 0. The third-order valence-electron chi connectivity index (χ3n) is 6.17. The van der Waals surface area contributed by atoms with E-state index in [4.69, 9.17) is 4.74 Å². The van der Waals surface area contributed by atoms with Crippen LogP contribution in [0.5, 0.6) is 5.75 Å². The summed E-state index contributed by atoms with van der Waals surface area (Å²) in [4.78, 5) is 32.8. The number of carbonyl (C=O) groups excluding carboxylic acids is 2. The maximum atomic E-state index is 13.3. The van der Waals surface area contributed by atoms with E-state index in [9.17, 15) is 9.59 Å². The Hall–Kier alpha value is -4.33. The molecule has 2 N–H and O–H groups in total. The van der Waals surface area contributed by atoms with E-state index in [0.29, 0.717) is 32.0 Å². The first kappa shape index (κ1) is 22.5. The van der Waals surface area contributed by atoms with Crippen LogP contribution in [0, 0.1) is 0 Å². The molecule has 8 heteroatoms. The molecular formula is C27H27N5O3. The molecule has 35 heavy (non-hydrogen) atoms. The van der Waals surface area contributed by atoms with Gasteiger partial charge in [0.05, 0.1) is 18.1 Å². The quantitative estimate of drug-likeness (QED) is 0.434. The molecule has 0 fully saturated rings. The zero-order valence-corrected chi connectivity index (χ0v) is 19.5. The number of hydrogen-bond acceptors (Lipinski definition) is 4. The molecule has 4 aromatic rings. The molecule has 8 nitrogen and oxygen atoms in total. The molecule has 1 aliphatic heterocycles. The minimum atomic E-state index is -0.742. The zero-order chi connectivity index (χ0) is 24.2.